The predicted molar refractivity (Wildman–Crippen MR) is 65.3 cm³/mol. The van der Waals surface area contributed by atoms with Crippen LogP contribution >= 0.6 is 0 Å². The molecule has 0 amide bonds. The molecule has 5 heteroatoms. The lowest BCUT2D eigenvalue weighted by molar-refractivity contribution is 0.389. The van der Waals surface area contributed by atoms with Crippen LogP contribution in [0, 0.1) is 12.8 Å². The van der Waals surface area contributed by atoms with Gasteiger partial charge in [-0.3, -0.25) is 0 Å². The molecule has 0 aromatic carbocycles. The molecule has 16 heavy (non-hydrogen) atoms. The van der Waals surface area contributed by atoms with Crippen LogP contribution in [0.1, 0.15) is 18.5 Å². The molecule has 88 valence electrons. The maximum atomic E-state index is 5.60. The maximum absolute atomic E-state index is 5.60. The lowest BCUT2D eigenvalue weighted by atomic mass is 9.98. The van der Waals surface area contributed by atoms with Gasteiger partial charge in [-0.1, -0.05) is 0 Å². The van der Waals surface area contributed by atoms with Gasteiger partial charge >= 0.3 is 0 Å². The summed E-state index contributed by atoms with van der Waals surface area (Å²) in [6, 6.07) is 1.93. The highest BCUT2D eigenvalue weighted by Crippen LogP contribution is 2.13. The third-order valence-electron chi connectivity index (χ3n) is 2.90. The predicted octanol–water partition coefficient (Wildman–Crippen LogP) is 0.779. The van der Waals surface area contributed by atoms with E-state index in [2.05, 4.69) is 20.6 Å². The summed E-state index contributed by atoms with van der Waals surface area (Å²) >= 11 is 0. The normalized spacial score (nSPS) is 17.3. The number of anilines is 2. The van der Waals surface area contributed by atoms with Crippen molar-refractivity contribution in [3.8, 4) is 0 Å². The zero-order valence-electron chi connectivity index (χ0n) is 9.66. The quantitative estimate of drug-likeness (QED) is 0.703. The number of nitrogens with zero attached hydrogens (tertiary/aromatic N) is 2. The summed E-state index contributed by atoms with van der Waals surface area (Å²) in [6.45, 7) is 5.14. The molecule has 0 spiro atoms. The molecule has 2 heterocycles. The zero-order chi connectivity index (χ0) is 11.4. The van der Waals surface area contributed by atoms with E-state index in [0.717, 1.165) is 37.1 Å². The molecule has 1 aromatic rings. The Morgan fingerprint density at radius 2 is 2.19 bits per heavy atom. The molecule has 0 radical (unpaired) electrons. The fraction of sp³-hybridized carbons (Fsp3) is 0.636. The van der Waals surface area contributed by atoms with Gasteiger partial charge in [-0.05, 0) is 38.8 Å². The largest absolute Gasteiger partial charge is 0.370 e. The van der Waals surface area contributed by atoms with Gasteiger partial charge in [-0.25, -0.2) is 4.98 Å². The number of aromatic nitrogens is 2. The first-order valence-electron chi connectivity index (χ1n) is 5.80. The number of nitrogens with two attached hydrogens (primary N) is 1. The minimum Gasteiger partial charge on any atom is -0.370 e. The summed E-state index contributed by atoms with van der Waals surface area (Å²) in [7, 11) is 0. The van der Waals surface area contributed by atoms with Crippen LogP contribution in [0.15, 0.2) is 6.07 Å². The van der Waals surface area contributed by atoms with Crippen LogP contribution in [-0.2, 0) is 0 Å². The number of piperidine rings is 1. The van der Waals surface area contributed by atoms with Crippen LogP contribution < -0.4 is 16.4 Å². The van der Waals surface area contributed by atoms with Crippen LogP contribution in [0.25, 0.3) is 0 Å². The van der Waals surface area contributed by atoms with E-state index in [1.807, 2.05) is 13.0 Å². The second-order valence-electron chi connectivity index (χ2n) is 4.33. The van der Waals surface area contributed by atoms with Gasteiger partial charge < -0.3 is 16.4 Å². The lowest BCUT2D eigenvalue weighted by Crippen LogP contribution is -2.31. The van der Waals surface area contributed by atoms with Crippen LogP contribution in [0.2, 0.25) is 0 Å². The Balaban J connectivity index is 1.88. The van der Waals surface area contributed by atoms with Crippen LogP contribution in [0.5, 0.6) is 0 Å². The van der Waals surface area contributed by atoms with Crippen molar-refractivity contribution < 1.29 is 0 Å². The van der Waals surface area contributed by atoms with E-state index >= 15 is 0 Å². The van der Waals surface area contributed by atoms with Crippen LogP contribution in [0.4, 0.5) is 11.8 Å². The first kappa shape index (κ1) is 11.1. The lowest BCUT2D eigenvalue weighted by Gasteiger charge is -2.23. The van der Waals surface area contributed by atoms with Crippen molar-refractivity contribution in [1.29, 1.82) is 0 Å². The SMILES string of the molecule is Cc1cc(NCC2CCNCC2)nc(N)n1. The molecular formula is C11H19N5. The first-order chi connectivity index (χ1) is 7.74. The highest BCUT2D eigenvalue weighted by atomic mass is 15.1. The highest BCUT2D eigenvalue weighted by Gasteiger charge is 2.12. The smallest absolute Gasteiger partial charge is 0.222 e. The molecule has 1 saturated heterocycles. The summed E-state index contributed by atoms with van der Waals surface area (Å²) < 4.78 is 0. The second kappa shape index (κ2) is 5.12. The number of nitrogens with one attached hydrogen (secondary N) is 2. The van der Waals surface area contributed by atoms with E-state index in [0.29, 0.717) is 5.95 Å². The number of rotatable bonds is 3. The fourth-order valence-corrected chi connectivity index (χ4v) is 2.02. The van der Waals surface area contributed by atoms with Crippen molar-refractivity contribution in [2.24, 2.45) is 5.92 Å². The van der Waals surface area contributed by atoms with Crippen molar-refractivity contribution in [1.82, 2.24) is 15.3 Å². The van der Waals surface area contributed by atoms with Gasteiger partial charge in [-0.15, -0.1) is 0 Å². The molecule has 5 nitrogen and oxygen atoms in total. The Hall–Kier alpha value is -1.36. The van der Waals surface area contributed by atoms with E-state index < -0.39 is 0 Å². The van der Waals surface area contributed by atoms with Gasteiger partial charge in [0.15, 0.2) is 0 Å². The molecule has 0 bridgehead atoms. The maximum Gasteiger partial charge on any atom is 0.222 e. The number of aryl methyl sites for hydroxylation is 1. The summed E-state index contributed by atoms with van der Waals surface area (Å²) in [5.74, 6) is 1.91. The van der Waals surface area contributed by atoms with Gasteiger partial charge in [0.2, 0.25) is 5.95 Å². The van der Waals surface area contributed by atoms with Gasteiger partial charge in [0, 0.05) is 18.3 Å². The minimum absolute atomic E-state index is 0.341. The zero-order valence-corrected chi connectivity index (χ0v) is 9.66. The van der Waals surface area contributed by atoms with E-state index in [9.17, 15) is 0 Å². The molecule has 0 unspecified atom stereocenters. The average Bonchev–Trinajstić information content (AvgIpc) is 2.27. The van der Waals surface area contributed by atoms with E-state index in [4.69, 9.17) is 5.73 Å². The van der Waals surface area contributed by atoms with E-state index in [1.165, 1.54) is 12.8 Å². The van der Waals surface area contributed by atoms with Gasteiger partial charge in [0.25, 0.3) is 0 Å². The van der Waals surface area contributed by atoms with E-state index in [1.54, 1.807) is 0 Å². The molecule has 1 fully saturated rings. The summed E-state index contributed by atoms with van der Waals surface area (Å²) in [4.78, 5) is 8.20. The van der Waals surface area contributed by atoms with Crippen molar-refractivity contribution in [2.75, 3.05) is 30.7 Å². The Bertz CT molecular complexity index is 326. The molecule has 0 aliphatic carbocycles. The Morgan fingerprint density at radius 3 is 2.88 bits per heavy atom. The molecule has 0 saturated carbocycles. The standard InChI is InChI=1S/C11H19N5/c1-8-6-10(16-11(12)15-8)14-7-9-2-4-13-5-3-9/h6,9,13H,2-5,7H2,1H3,(H3,12,14,15,16). The minimum atomic E-state index is 0.341. The van der Waals surface area contributed by atoms with Crippen molar-refractivity contribution in [2.45, 2.75) is 19.8 Å². The molecule has 2 rings (SSSR count). The first-order valence-corrected chi connectivity index (χ1v) is 5.80. The molecular weight excluding hydrogens is 202 g/mol. The van der Waals surface area contributed by atoms with Crippen molar-refractivity contribution >= 4 is 11.8 Å². The topological polar surface area (TPSA) is 75.9 Å². The molecule has 1 aliphatic rings. The summed E-state index contributed by atoms with van der Waals surface area (Å²) in [5, 5.41) is 6.69. The van der Waals surface area contributed by atoms with Gasteiger partial charge in [0.1, 0.15) is 5.82 Å². The second-order valence-corrected chi connectivity index (χ2v) is 4.33. The molecule has 1 aromatic heterocycles. The van der Waals surface area contributed by atoms with Crippen molar-refractivity contribution in [3.63, 3.8) is 0 Å². The highest BCUT2D eigenvalue weighted by molar-refractivity contribution is 5.40. The Kier molecular flexibility index (Phi) is 3.56. The molecule has 4 N–H and O–H groups in total. The number of hydrogen-bond acceptors (Lipinski definition) is 5. The number of hydrogen-bond donors (Lipinski definition) is 3. The van der Waals surface area contributed by atoms with Crippen molar-refractivity contribution in [3.05, 3.63) is 11.8 Å². The third-order valence-corrected chi connectivity index (χ3v) is 2.90. The summed E-state index contributed by atoms with van der Waals surface area (Å²) in [5.41, 5.74) is 6.50. The monoisotopic (exact) mass is 221 g/mol. The Labute approximate surface area is 95.9 Å². The molecule has 1 aliphatic heterocycles. The average molecular weight is 221 g/mol. The fourth-order valence-electron chi connectivity index (χ4n) is 2.02. The molecule has 0 atom stereocenters. The third kappa shape index (κ3) is 3.06. The van der Waals surface area contributed by atoms with E-state index in [-0.39, 0.29) is 0 Å². The van der Waals surface area contributed by atoms with Crippen LogP contribution in [0.3, 0.4) is 0 Å². The number of nitrogen functional groups attached to an aromatic ring is 1. The summed E-state index contributed by atoms with van der Waals surface area (Å²) in [6.07, 6.45) is 2.46. The van der Waals surface area contributed by atoms with Gasteiger partial charge in [0.05, 0.1) is 0 Å². The van der Waals surface area contributed by atoms with Crippen LogP contribution in [-0.4, -0.2) is 29.6 Å². The Morgan fingerprint density at radius 1 is 1.44 bits per heavy atom. The van der Waals surface area contributed by atoms with Gasteiger partial charge in [-0.2, -0.15) is 4.98 Å².